The van der Waals surface area contributed by atoms with Crippen molar-refractivity contribution >= 4 is 74.3 Å². The summed E-state index contributed by atoms with van der Waals surface area (Å²) in [6.45, 7) is 8.45. The number of hydrogen-bond acceptors (Lipinski definition) is 2. The first-order chi connectivity index (χ1) is 29.6. The largest absolute Gasteiger partial charge is 0.456 e. The van der Waals surface area contributed by atoms with Crippen LogP contribution < -0.4 is 4.90 Å². The van der Waals surface area contributed by atoms with E-state index in [-0.39, 0.29) is 0 Å². The Labute approximate surface area is 351 Å². The van der Waals surface area contributed by atoms with E-state index in [9.17, 15) is 0 Å². The Bertz CT molecular complexity index is 3140. The molecule has 8 aromatic rings. The number of hydrogen-bond donors (Lipinski definition) is 0. The molecule has 1 heterocycles. The Hall–Kier alpha value is -7.68. The molecule has 2 aliphatic carbocycles. The Morgan fingerprint density at radius 1 is 0.600 bits per heavy atom. The Balaban J connectivity index is 1.06. The van der Waals surface area contributed by atoms with E-state index in [4.69, 9.17) is 4.42 Å². The SMILES string of the molecule is C=C/C(=C\C=C\c1cccc2c1C=CC1C=CC=CC21)N(c1ccc(-c2ccc3ccccc3c2)cc1)c1ccccc1/C=C/c1c(C=C)oc2cc3ccccc3cc12. The molecule has 0 spiro atoms. The standard InChI is InChI=1S/C58H43NO/c1-3-49(23-13-21-42-22-14-25-53-51-24-11-9-16-43(51)31-35-52(42)53)59(50-33-29-41(30-34-50)48-28-27-40-15-5-6-18-45(40)37-48)56-26-12-10-17-44(56)32-36-54-55-38-46-19-7-8-20-47(46)39-58(55)60-57(54)4-2/h3-39,43,51H,1-2H2/b21-13+,36-32+,49-23+. The molecule has 1 aromatic heterocycles. The van der Waals surface area contributed by atoms with E-state index in [0.29, 0.717) is 11.8 Å². The molecule has 0 saturated carbocycles. The maximum absolute atomic E-state index is 6.34. The highest BCUT2D eigenvalue weighted by molar-refractivity contribution is 6.02. The molecule has 10 rings (SSSR count). The molecule has 2 heteroatoms. The van der Waals surface area contributed by atoms with Gasteiger partial charge in [-0.15, -0.1) is 0 Å². The lowest BCUT2D eigenvalue weighted by Gasteiger charge is -2.28. The lowest BCUT2D eigenvalue weighted by Crippen LogP contribution is -2.16. The molecule has 2 atom stereocenters. The third-order valence-corrected chi connectivity index (χ3v) is 11.8. The van der Waals surface area contributed by atoms with Gasteiger partial charge in [0.05, 0.1) is 5.69 Å². The predicted molar refractivity (Wildman–Crippen MR) is 258 cm³/mol. The van der Waals surface area contributed by atoms with E-state index in [1.807, 2.05) is 6.08 Å². The van der Waals surface area contributed by atoms with E-state index < -0.39 is 0 Å². The van der Waals surface area contributed by atoms with E-state index >= 15 is 0 Å². The van der Waals surface area contributed by atoms with Crippen molar-refractivity contribution in [2.45, 2.75) is 5.92 Å². The number of para-hydroxylation sites is 1. The van der Waals surface area contributed by atoms with Crippen LogP contribution in [-0.2, 0) is 0 Å². The minimum atomic E-state index is 0.363. The topological polar surface area (TPSA) is 16.4 Å². The van der Waals surface area contributed by atoms with Crippen molar-refractivity contribution in [1.82, 2.24) is 0 Å². The number of anilines is 2. The molecule has 0 N–H and O–H groups in total. The lowest BCUT2D eigenvalue weighted by molar-refractivity contribution is 0.604. The van der Waals surface area contributed by atoms with Gasteiger partial charge >= 0.3 is 0 Å². The van der Waals surface area contributed by atoms with Gasteiger partial charge in [0.25, 0.3) is 0 Å². The molecule has 0 saturated heterocycles. The first-order valence-electron chi connectivity index (χ1n) is 20.6. The summed E-state index contributed by atoms with van der Waals surface area (Å²) in [7, 11) is 0. The van der Waals surface area contributed by atoms with Crippen LogP contribution in [0.4, 0.5) is 11.4 Å². The van der Waals surface area contributed by atoms with Crippen LogP contribution in [0.15, 0.2) is 217 Å². The van der Waals surface area contributed by atoms with Crippen molar-refractivity contribution in [1.29, 1.82) is 0 Å². The summed E-state index contributed by atoms with van der Waals surface area (Å²) in [5.74, 6) is 1.51. The summed E-state index contributed by atoms with van der Waals surface area (Å²) in [4.78, 5) is 2.29. The van der Waals surface area contributed by atoms with E-state index in [1.54, 1.807) is 6.08 Å². The normalized spacial score (nSPS) is 15.9. The summed E-state index contributed by atoms with van der Waals surface area (Å²) >= 11 is 0. The Morgan fingerprint density at radius 3 is 2.13 bits per heavy atom. The minimum absolute atomic E-state index is 0.363. The van der Waals surface area contributed by atoms with Gasteiger partial charge in [-0.3, -0.25) is 0 Å². The summed E-state index contributed by atoms with van der Waals surface area (Å²) < 4.78 is 6.34. The summed E-state index contributed by atoms with van der Waals surface area (Å²) in [5.41, 5.74) is 12.1. The minimum Gasteiger partial charge on any atom is -0.456 e. The number of nitrogens with zero attached hydrogens (tertiary/aromatic N) is 1. The van der Waals surface area contributed by atoms with Gasteiger partial charge in [0, 0.05) is 34.2 Å². The van der Waals surface area contributed by atoms with Crippen molar-refractivity contribution in [3.63, 3.8) is 0 Å². The molecule has 0 radical (unpaired) electrons. The number of fused-ring (bicyclic) bond motifs is 6. The van der Waals surface area contributed by atoms with Gasteiger partial charge in [0.1, 0.15) is 11.3 Å². The maximum atomic E-state index is 6.34. The Kier molecular flexibility index (Phi) is 9.73. The highest BCUT2D eigenvalue weighted by Gasteiger charge is 2.24. The number of rotatable bonds is 10. The maximum Gasteiger partial charge on any atom is 0.136 e. The molecule has 0 aliphatic heterocycles. The third-order valence-electron chi connectivity index (χ3n) is 11.8. The average Bonchev–Trinajstić information content (AvgIpc) is 3.66. The van der Waals surface area contributed by atoms with Crippen molar-refractivity contribution in [2.24, 2.45) is 5.92 Å². The summed E-state index contributed by atoms with van der Waals surface area (Å²) in [6.07, 6.45) is 28.1. The smallest absolute Gasteiger partial charge is 0.136 e. The second-order valence-corrected chi connectivity index (χ2v) is 15.4. The molecule has 2 aliphatic rings. The van der Waals surface area contributed by atoms with Crippen molar-refractivity contribution < 1.29 is 4.42 Å². The van der Waals surface area contributed by atoms with Gasteiger partial charge in [-0.05, 0) is 116 Å². The fraction of sp³-hybridized carbons (Fsp3) is 0.0345. The molecular formula is C58H43NO. The van der Waals surface area contributed by atoms with Crippen LogP contribution in [0.3, 0.4) is 0 Å². The molecular weight excluding hydrogens is 727 g/mol. The molecule has 7 aromatic carbocycles. The zero-order valence-electron chi connectivity index (χ0n) is 33.3. The van der Waals surface area contributed by atoms with Crippen molar-refractivity contribution in [3.8, 4) is 11.1 Å². The molecule has 0 amide bonds. The van der Waals surface area contributed by atoms with E-state index in [1.165, 1.54) is 38.4 Å². The van der Waals surface area contributed by atoms with Gasteiger partial charge in [0.15, 0.2) is 0 Å². The monoisotopic (exact) mass is 769 g/mol. The van der Waals surface area contributed by atoms with Crippen LogP contribution in [0.1, 0.15) is 39.5 Å². The number of furan rings is 1. The molecule has 2 nitrogen and oxygen atoms in total. The van der Waals surface area contributed by atoms with E-state index in [2.05, 4.69) is 230 Å². The Morgan fingerprint density at radius 2 is 1.32 bits per heavy atom. The molecule has 60 heavy (non-hydrogen) atoms. The zero-order valence-corrected chi connectivity index (χ0v) is 33.3. The lowest BCUT2D eigenvalue weighted by atomic mass is 9.76. The predicted octanol–water partition coefficient (Wildman–Crippen LogP) is 16.0. The third kappa shape index (κ3) is 6.89. The molecule has 0 fully saturated rings. The molecule has 0 bridgehead atoms. The van der Waals surface area contributed by atoms with Gasteiger partial charge in [-0.2, -0.15) is 0 Å². The van der Waals surface area contributed by atoms with Gasteiger partial charge in [-0.25, -0.2) is 0 Å². The fourth-order valence-corrected chi connectivity index (χ4v) is 8.79. The van der Waals surface area contributed by atoms with Crippen molar-refractivity contribution in [3.05, 3.63) is 247 Å². The van der Waals surface area contributed by atoms with E-state index in [0.717, 1.165) is 55.9 Å². The summed E-state index contributed by atoms with van der Waals surface area (Å²) in [6, 6.07) is 51.9. The van der Waals surface area contributed by atoms with Crippen LogP contribution >= 0.6 is 0 Å². The van der Waals surface area contributed by atoms with Crippen LogP contribution in [-0.4, -0.2) is 0 Å². The second kappa shape index (κ2) is 15.9. The first kappa shape index (κ1) is 36.6. The highest BCUT2D eigenvalue weighted by atomic mass is 16.3. The van der Waals surface area contributed by atoms with Crippen LogP contribution in [0.25, 0.3) is 74.0 Å². The fourth-order valence-electron chi connectivity index (χ4n) is 8.79. The molecule has 286 valence electrons. The van der Waals surface area contributed by atoms with Gasteiger partial charge in [-0.1, -0.05) is 177 Å². The van der Waals surface area contributed by atoms with Gasteiger partial charge < -0.3 is 9.32 Å². The quantitative estimate of drug-likeness (QED) is 0.129. The van der Waals surface area contributed by atoms with Crippen LogP contribution in [0.2, 0.25) is 0 Å². The van der Waals surface area contributed by atoms with Crippen molar-refractivity contribution in [2.75, 3.05) is 4.90 Å². The highest BCUT2D eigenvalue weighted by Crippen LogP contribution is 2.40. The number of benzene rings is 7. The average molecular weight is 770 g/mol. The molecule has 2 unspecified atom stereocenters. The zero-order chi connectivity index (χ0) is 40.4. The number of allylic oxidation sites excluding steroid dienone is 8. The van der Waals surface area contributed by atoms with Crippen LogP contribution in [0.5, 0.6) is 0 Å². The van der Waals surface area contributed by atoms with Gasteiger partial charge in [0.2, 0.25) is 0 Å². The van der Waals surface area contributed by atoms with Crippen LogP contribution in [0, 0.1) is 5.92 Å². The summed E-state index contributed by atoms with van der Waals surface area (Å²) in [5, 5.41) is 5.83. The first-order valence-corrected chi connectivity index (χ1v) is 20.6. The second-order valence-electron chi connectivity index (χ2n) is 15.4.